The zero-order valence-electron chi connectivity index (χ0n) is 12.8. The highest BCUT2D eigenvalue weighted by Gasteiger charge is 2.60. The number of carbonyl (C=O) groups is 2. The fraction of sp³-hybridized carbons (Fsp3) is 0.250. The van der Waals surface area contributed by atoms with Crippen molar-refractivity contribution in [2.45, 2.75) is 18.6 Å². The molecule has 126 valence electrons. The lowest BCUT2D eigenvalue weighted by Gasteiger charge is -2.38. The zero-order valence-corrected chi connectivity index (χ0v) is 12.8. The van der Waals surface area contributed by atoms with Gasteiger partial charge in [-0.25, -0.2) is 9.59 Å². The van der Waals surface area contributed by atoms with Gasteiger partial charge in [-0.2, -0.15) is 0 Å². The summed E-state index contributed by atoms with van der Waals surface area (Å²) in [5.74, 6) is -3.39. The van der Waals surface area contributed by atoms with Crippen LogP contribution < -0.4 is 4.74 Å². The van der Waals surface area contributed by atoms with E-state index in [2.05, 4.69) is 4.74 Å². The van der Waals surface area contributed by atoms with Gasteiger partial charge in [-0.15, -0.1) is 0 Å². The van der Waals surface area contributed by atoms with Crippen LogP contribution >= 0.6 is 0 Å². The van der Waals surface area contributed by atoms with Crippen molar-refractivity contribution in [2.24, 2.45) is 0 Å². The Labute approximate surface area is 136 Å². The van der Waals surface area contributed by atoms with Crippen LogP contribution in [0, 0.1) is 6.92 Å². The molecule has 24 heavy (non-hydrogen) atoms. The summed E-state index contributed by atoms with van der Waals surface area (Å²) in [6.45, 7) is 1.65. The average Bonchev–Trinajstić information content (AvgIpc) is 2.63. The van der Waals surface area contributed by atoms with E-state index in [1.807, 2.05) is 0 Å². The van der Waals surface area contributed by atoms with Crippen molar-refractivity contribution in [3.63, 3.8) is 0 Å². The number of benzene rings is 1. The lowest BCUT2D eigenvalue weighted by molar-refractivity contribution is -0.165. The molecule has 3 rings (SSSR count). The number of carbonyl (C=O) groups excluding carboxylic acids is 2. The highest BCUT2D eigenvalue weighted by atomic mass is 16.6. The molecule has 2 heterocycles. The summed E-state index contributed by atoms with van der Waals surface area (Å²) in [6, 6.07) is 2.79. The fourth-order valence-corrected chi connectivity index (χ4v) is 2.82. The number of fused-ring (bicyclic) bond motifs is 2. The van der Waals surface area contributed by atoms with Crippen LogP contribution in [0.5, 0.6) is 11.5 Å². The van der Waals surface area contributed by atoms with Gasteiger partial charge in [0.1, 0.15) is 34.5 Å². The first-order chi connectivity index (χ1) is 11.3. The molecule has 0 fully saturated rings. The number of methoxy groups -OCH3 is 1. The van der Waals surface area contributed by atoms with Crippen molar-refractivity contribution in [3.8, 4) is 11.5 Å². The van der Waals surface area contributed by atoms with Crippen molar-refractivity contribution in [3.05, 3.63) is 41.2 Å². The number of cyclic esters (lactones) is 1. The third-order valence-electron chi connectivity index (χ3n) is 3.89. The Bertz CT molecular complexity index is 807. The number of hydrogen-bond acceptors (Lipinski definition) is 8. The van der Waals surface area contributed by atoms with Gasteiger partial charge >= 0.3 is 11.9 Å². The van der Waals surface area contributed by atoms with E-state index < -0.39 is 35.0 Å². The first-order valence-corrected chi connectivity index (χ1v) is 6.93. The summed E-state index contributed by atoms with van der Waals surface area (Å²) < 4.78 is 15.0. The lowest BCUT2D eigenvalue weighted by atomic mass is 9.82. The number of aliphatic hydroxyl groups excluding tert-OH is 2. The topological polar surface area (TPSA) is 123 Å². The van der Waals surface area contributed by atoms with Gasteiger partial charge in [0.25, 0.3) is 5.60 Å². The maximum Gasteiger partial charge on any atom is 0.358 e. The van der Waals surface area contributed by atoms with Gasteiger partial charge in [0.15, 0.2) is 0 Å². The monoisotopic (exact) mass is 334 g/mol. The largest absolute Gasteiger partial charge is 0.507 e. The van der Waals surface area contributed by atoms with E-state index in [4.69, 9.17) is 9.47 Å². The highest BCUT2D eigenvalue weighted by molar-refractivity contribution is 6.08. The Hall–Kier alpha value is -3.00. The van der Waals surface area contributed by atoms with E-state index in [1.165, 1.54) is 12.1 Å². The molecule has 0 spiro atoms. The first-order valence-electron chi connectivity index (χ1n) is 6.93. The van der Waals surface area contributed by atoms with Crippen LogP contribution in [0.4, 0.5) is 0 Å². The minimum Gasteiger partial charge on any atom is -0.507 e. The standard InChI is InChI=1S/C16H14O8/c1-7-5-8(17)11-9(6-7)24-16(15(21)22-2)10(18)3-4-23-14(20)12(16)13(11)19/h3-6,10,17-19H,1-2H3/t10-,16-/m1/s1. The van der Waals surface area contributed by atoms with Gasteiger partial charge in [-0.05, 0) is 30.7 Å². The molecule has 3 N–H and O–H groups in total. The van der Waals surface area contributed by atoms with Crippen LogP contribution in [0.2, 0.25) is 0 Å². The van der Waals surface area contributed by atoms with Gasteiger partial charge in [-0.3, -0.25) is 0 Å². The van der Waals surface area contributed by atoms with Crippen molar-refractivity contribution >= 4 is 17.7 Å². The maximum absolute atomic E-state index is 12.4. The van der Waals surface area contributed by atoms with Crippen LogP contribution in [0.1, 0.15) is 11.1 Å². The number of phenolic OH excluding ortho intramolecular Hbond substituents is 1. The number of esters is 2. The Morgan fingerprint density at radius 3 is 2.71 bits per heavy atom. The third kappa shape index (κ3) is 1.96. The zero-order chi connectivity index (χ0) is 17.6. The highest BCUT2D eigenvalue weighted by Crippen LogP contribution is 2.47. The van der Waals surface area contributed by atoms with Crippen molar-refractivity contribution in [1.82, 2.24) is 0 Å². The number of aromatic hydroxyl groups is 1. The molecule has 2 aliphatic heterocycles. The van der Waals surface area contributed by atoms with Crippen LogP contribution in [-0.2, 0) is 19.1 Å². The molecule has 2 atom stereocenters. The van der Waals surface area contributed by atoms with E-state index in [-0.39, 0.29) is 17.1 Å². The Morgan fingerprint density at radius 2 is 2.04 bits per heavy atom. The van der Waals surface area contributed by atoms with Gasteiger partial charge < -0.3 is 29.5 Å². The predicted molar refractivity (Wildman–Crippen MR) is 79.0 cm³/mol. The number of aliphatic hydroxyl groups is 2. The second-order valence-corrected chi connectivity index (χ2v) is 5.39. The Kier molecular flexibility index (Phi) is 3.49. The van der Waals surface area contributed by atoms with Crippen LogP contribution in [-0.4, -0.2) is 46.1 Å². The first kappa shape index (κ1) is 15.9. The normalized spacial score (nSPS) is 25.1. The van der Waals surface area contributed by atoms with Gasteiger partial charge in [-0.1, -0.05) is 0 Å². The average molecular weight is 334 g/mol. The number of rotatable bonds is 1. The summed E-state index contributed by atoms with van der Waals surface area (Å²) in [4.78, 5) is 24.6. The minimum atomic E-state index is -2.35. The van der Waals surface area contributed by atoms with Gasteiger partial charge in [0.2, 0.25) is 0 Å². The number of hydrogen-bond donors (Lipinski definition) is 3. The number of phenols is 1. The van der Waals surface area contributed by atoms with Crippen molar-refractivity contribution in [1.29, 1.82) is 0 Å². The summed E-state index contributed by atoms with van der Waals surface area (Å²) in [5.41, 5.74) is -2.61. The predicted octanol–water partition coefficient (Wildman–Crippen LogP) is 0.705. The Balaban J connectivity index is 2.39. The SMILES string of the molecule is COC(=O)[C@]12Oc3cc(C)cc(O)c3C(O)=C1C(=O)OC=C[C@H]2O. The molecule has 0 aliphatic carbocycles. The van der Waals surface area contributed by atoms with Crippen molar-refractivity contribution < 1.29 is 39.1 Å². The molecule has 1 aromatic rings. The summed E-state index contributed by atoms with van der Waals surface area (Å²) in [7, 11) is 1.05. The summed E-state index contributed by atoms with van der Waals surface area (Å²) >= 11 is 0. The van der Waals surface area contributed by atoms with Crippen LogP contribution in [0.25, 0.3) is 5.76 Å². The molecule has 8 heteroatoms. The fourth-order valence-electron chi connectivity index (χ4n) is 2.82. The second-order valence-electron chi connectivity index (χ2n) is 5.39. The molecule has 1 aromatic carbocycles. The van der Waals surface area contributed by atoms with Crippen LogP contribution in [0.15, 0.2) is 30.0 Å². The molecule has 0 saturated heterocycles. The Morgan fingerprint density at radius 1 is 1.33 bits per heavy atom. The molecule has 0 amide bonds. The molecule has 0 saturated carbocycles. The van der Waals surface area contributed by atoms with E-state index in [0.717, 1.165) is 19.4 Å². The molecule has 0 aromatic heterocycles. The molecule has 0 radical (unpaired) electrons. The molecule has 2 aliphatic rings. The van der Waals surface area contributed by atoms with Crippen molar-refractivity contribution in [2.75, 3.05) is 7.11 Å². The number of aryl methyl sites for hydroxylation is 1. The maximum atomic E-state index is 12.4. The second kappa shape index (κ2) is 5.27. The summed E-state index contributed by atoms with van der Waals surface area (Å²) in [6.07, 6.45) is 0.231. The quantitative estimate of drug-likeness (QED) is 0.642. The van der Waals surface area contributed by atoms with Gasteiger partial charge in [0, 0.05) is 0 Å². The molecular formula is C16H14O8. The van der Waals surface area contributed by atoms with E-state index >= 15 is 0 Å². The summed E-state index contributed by atoms with van der Waals surface area (Å²) in [5, 5.41) is 31.0. The molecule has 0 bridgehead atoms. The van der Waals surface area contributed by atoms with E-state index in [1.54, 1.807) is 6.92 Å². The molecular weight excluding hydrogens is 320 g/mol. The van der Waals surface area contributed by atoms with Crippen LogP contribution in [0.3, 0.4) is 0 Å². The lowest BCUT2D eigenvalue weighted by Crippen LogP contribution is -2.58. The van der Waals surface area contributed by atoms with Gasteiger partial charge in [0.05, 0.1) is 13.4 Å². The molecule has 8 nitrogen and oxygen atoms in total. The van der Waals surface area contributed by atoms with E-state index in [0.29, 0.717) is 5.56 Å². The molecule has 0 unspecified atom stereocenters. The third-order valence-corrected chi connectivity index (χ3v) is 3.89. The smallest absolute Gasteiger partial charge is 0.358 e. The van der Waals surface area contributed by atoms with E-state index in [9.17, 15) is 24.9 Å². The number of ether oxygens (including phenoxy) is 3. The minimum absolute atomic E-state index is 0.0821.